The van der Waals surface area contributed by atoms with Gasteiger partial charge >= 0.3 is 0 Å². The second-order valence-electron chi connectivity index (χ2n) is 6.61. The lowest BCUT2D eigenvalue weighted by Crippen LogP contribution is -2.48. The van der Waals surface area contributed by atoms with Gasteiger partial charge in [0.15, 0.2) is 0 Å². The molecule has 1 aliphatic heterocycles. The quantitative estimate of drug-likeness (QED) is 0.918. The maximum Gasteiger partial charge on any atom is 0.0802 e. The molecule has 1 saturated heterocycles. The zero-order valence-electron chi connectivity index (χ0n) is 13.1. The molecule has 1 aromatic rings. The van der Waals surface area contributed by atoms with Gasteiger partial charge in [-0.15, -0.1) is 0 Å². The zero-order chi connectivity index (χ0) is 14.8. The molecule has 0 amide bonds. The van der Waals surface area contributed by atoms with Crippen LogP contribution >= 0.6 is 0 Å². The van der Waals surface area contributed by atoms with Gasteiger partial charge in [0.1, 0.15) is 0 Å². The number of morpholine rings is 1. The molecule has 0 radical (unpaired) electrons. The van der Waals surface area contributed by atoms with Gasteiger partial charge < -0.3 is 9.84 Å². The van der Waals surface area contributed by atoms with E-state index in [1.807, 2.05) is 0 Å². The van der Waals surface area contributed by atoms with Gasteiger partial charge in [0, 0.05) is 19.6 Å². The lowest BCUT2D eigenvalue weighted by molar-refractivity contribution is -0.0878. The lowest BCUT2D eigenvalue weighted by atomic mass is 10.0. The van der Waals surface area contributed by atoms with E-state index >= 15 is 0 Å². The molecule has 112 valence electrons. The standard InChI is InChI=1S/C17H27NO2/c1-13-9-14(2)11-15(10-13)16(19)5-6-18-7-8-20-17(3,4)12-18/h9-11,16,19H,5-8,12H2,1-4H3. The Kier molecular flexibility index (Phi) is 4.84. The van der Waals surface area contributed by atoms with Crippen LogP contribution in [0.2, 0.25) is 0 Å². The predicted molar refractivity (Wildman–Crippen MR) is 82.0 cm³/mol. The van der Waals surface area contributed by atoms with Crippen LogP contribution < -0.4 is 0 Å². The van der Waals surface area contributed by atoms with E-state index in [9.17, 15) is 5.11 Å². The molecule has 0 bridgehead atoms. The average Bonchev–Trinajstić information content (AvgIpc) is 2.33. The summed E-state index contributed by atoms with van der Waals surface area (Å²) in [6, 6.07) is 6.31. The molecule has 1 atom stereocenters. The third kappa shape index (κ3) is 4.30. The smallest absolute Gasteiger partial charge is 0.0802 e. The van der Waals surface area contributed by atoms with Crippen LogP contribution in [0.4, 0.5) is 0 Å². The largest absolute Gasteiger partial charge is 0.388 e. The number of aliphatic hydroxyl groups is 1. The molecule has 2 rings (SSSR count). The highest BCUT2D eigenvalue weighted by atomic mass is 16.5. The van der Waals surface area contributed by atoms with Crippen molar-refractivity contribution in [2.75, 3.05) is 26.2 Å². The first-order chi connectivity index (χ1) is 9.35. The predicted octanol–water partition coefficient (Wildman–Crippen LogP) is 2.84. The monoisotopic (exact) mass is 277 g/mol. The van der Waals surface area contributed by atoms with E-state index < -0.39 is 0 Å². The average molecular weight is 277 g/mol. The number of rotatable bonds is 4. The highest BCUT2D eigenvalue weighted by Crippen LogP contribution is 2.22. The van der Waals surface area contributed by atoms with Crippen LogP contribution in [0, 0.1) is 13.8 Å². The summed E-state index contributed by atoms with van der Waals surface area (Å²) in [4.78, 5) is 2.38. The van der Waals surface area contributed by atoms with Crippen molar-refractivity contribution in [1.82, 2.24) is 4.90 Å². The fourth-order valence-electron chi connectivity index (χ4n) is 2.98. The maximum atomic E-state index is 10.4. The molecule has 1 aromatic carbocycles. The molecule has 3 heteroatoms. The Bertz CT molecular complexity index is 436. The van der Waals surface area contributed by atoms with Crippen LogP contribution in [0.5, 0.6) is 0 Å². The minimum Gasteiger partial charge on any atom is -0.388 e. The molecular weight excluding hydrogens is 250 g/mol. The van der Waals surface area contributed by atoms with Crippen LogP contribution in [0.3, 0.4) is 0 Å². The zero-order valence-corrected chi connectivity index (χ0v) is 13.1. The number of aliphatic hydroxyl groups excluding tert-OH is 1. The van der Waals surface area contributed by atoms with Crippen molar-refractivity contribution in [2.24, 2.45) is 0 Å². The van der Waals surface area contributed by atoms with Crippen LogP contribution in [0.25, 0.3) is 0 Å². The van der Waals surface area contributed by atoms with Gasteiger partial charge in [-0.1, -0.05) is 29.3 Å². The molecule has 1 fully saturated rings. The van der Waals surface area contributed by atoms with Crippen molar-refractivity contribution in [2.45, 2.75) is 45.8 Å². The Balaban J connectivity index is 1.90. The molecule has 20 heavy (non-hydrogen) atoms. The van der Waals surface area contributed by atoms with Gasteiger partial charge in [-0.05, 0) is 39.7 Å². The van der Waals surface area contributed by atoms with Crippen LogP contribution in [-0.2, 0) is 4.74 Å². The molecular formula is C17H27NO2. The van der Waals surface area contributed by atoms with Gasteiger partial charge in [0.2, 0.25) is 0 Å². The summed E-state index contributed by atoms with van der Waals surface area (Å²) in [6.45, 7) is 12.0. The first-order valence-electron chi connectivity index (χ1n) is 7.48. The summed E-state index contributed by atoms with van der Waals surface area (Å²) >= 11 is 0. The van der Waals surface area contributed by atoms with Crippen LogP contribution in [-0.4, -0.2) is 41.8 Å². The maximum absolute atomic E-state index is 10.4. The summed E-state index contributed by atoms with van der Waals surface area (Å²) in [5, 5.41) is 10.4. The van der Waals surface area contributed by atoms with Crippen molar-refractivity contribution >= 4 is 0 Å². The number of ether oxygens (including phenoxy) is 1. The molecule has 0 aromatic heterocycles. The number of hydrogen-bond acceptors (Lipinski definition) is 3. The third-order valence-electron chi connectivity index (χ3n) is 3.85. The van der Waals surface area contributed by atoms with Gasteiger partial charge in [0.25, 0.3) is 0 Å². The molecule has 3 nitrogen and oxygen atoms in total. The van der Waals surface area contributed by atoms with E-state index in [1.54, 1.807) is 0 Å². The molecule has 0 spiro atoms. The topological polar surface area (TPSA) is 32.7 Å². The highest BCUT2D eigenvalue weighted by molar-refractivity contribution is 5.29. The number of nitrogens with zero attached hydrogens (tertiary/aromatic N) is 1. The Labute approximate surface area is 122 Å². The van der Waals surface area contributed by atoms with Crippen molar-refractivity contribution in [1.29, 1.82) is 0 Å². The van der Waals surface area contributed by atoms with Crippen molar-refractivity contribution < 1.29 is 9.84 Å². The summed E-state index contributed by atoms with van der Waals surface area (Å²) in [5.41, 5.74) is 3.40. The van der Waals surface area contributed by atoms with Crippen molar-refractivity contribution in [3.63, 3.8) is 0 Å². The molecule has 0 saturated carbocycles. The Morgan fingerprint density at radius 1 is 1.25 bits per heavy atom. The third-order valence-corrected chi connectivity index (χ3v) is 3.85. The SMILES string of the molecule is Cc1cc(C)cc(C(O)CCN2CCOC(C)(C)C2)c1. The number of aryl methyl sites for hydroxylation is 2. The van der Waals surface area contributed by atoms with E-state index in [4.69, 9.17) is 4.74 Å². The lowest BCUT2D eigenvalue weighted by Gasteiger charge is -2.38. The van der Waals surface area contributed by atoms with Gasteiger partial charge in [0.05, 0.1) is 18.3 Å². The van der Waals surface area contributed by atoms with E-state index in [2.05, 4.69) is 50.8 Å². The summed E-state index contributed by atoms with van der Waals surface area (Å²) < 4.78 is 5.71. The van der Waals surface area contributed by atoms with Gasteiger partial charge in [-0.3, -0.25) is 4.90 Å². The van der Waals surface area contributed by atoms with Crippen molar-refractivity contribution in [3.05, 3.63) is 34.9 Å². The van der Waals surface area contributed by atoms with E-state index in [0.717, 1.165) is 38.2 Å². The molecule has 0 aliphatic carbocycles. The molecule has 1 unspecified atom stereocenters. The fraction of sp³-hybridized carbons (Fsp3) is 0.647. The highest BCUT2D eigenvalue weighted by Gasteiger charge is 2.27. The van der Waals surface area contributed by atoms with Gasteiger partial charge in [-0.2, -0.15) is 0 Å². The molecule has 1 N–H and O–H groups in total. The Morgan fingerprint density at radius 2 is 1.90 bits per heavy atom. The number of benzene rings is 1. The number of hydrogen-bond donors (Lipinski definition) is 1. The first kappa shape index (κ1) is 15.5. The Hall–Kier alpha value is -0.900. The second-order valence-corrected chi connectivity index (χ2v) is 6.61. The minimum atomic E-state index is -0.375. The first-order valence-corrected chi connectivity index (χ1v) is 7.48. The van der Waals surface area contributed by atoms with E-state index in [0.29, 0.717) is 0 Å². The fourth-order valence-corrected chi connectivity index (χ4v) is 2.98. The summed E-state index contributed by atoms with van der Waals surface area (Å²) in [5.74, 6) is 0. The van der Waals surface area contributed by atoms with Crippen molar-refractivity contribution in [3.8, 4) is 0 Å². The normalized spacial score (nSPS) is 20.9. The van der Waals surface area contributed by atoms with Crippen LogP contribution in [0.15, 0.2) is 18.2 Å². The molecule has 1 aliphatic rings. The second kappa shape index (κ2) is 6.25. The van der Waals surface area contributed by atoms with Crippen LogP contribution in [0.1, 0.15) is 43.1 Å². The van der Waals surface area contributed by atoms with Gasteiger partial charge in [-0.25, -0.2) is 0 Å². The van der Waals surface area contributed by atoms with E-state index in [-0.39, 0.29) is 11.7 Å². The Morgan fingerprint density at radius 3 is 2.50 bits per heavy atom. The minimum absolute atomic E-state index is 0.0663. The summed E-state index contributed by atoms with van der Waals surface area (Å²) in [7, 11) is 0. The molecule has 1 heterocycles. The summed E-state index contributed by atoms with van der Waals surface area (Å²) in [6.07, 6.45) is 0.401. The van der Waals surface area contributed by atoms with E-state index in [1.165, 1.54) is 11.1 Å².